The molecule has 0 radical (unpaired) electrons. The van der Waals surface area contributed by atoms with E-state index in [1.807, 2.05) is 0 Å². The second kappa shape index (κ2) is 14.7. The minimum atomic E-state index is -4.59. The Bertz CT molecular complexity index is 2440. The van der Waals surface area contributed by atoms with E-state index in [0.29, 0.717) is 44.8 Å². The van der Waals surface area contributed by atoms with E-state index in [-0.39, 0.29) is 72.9 Å². The maximum absolute atomic E-state index is 12.1. The zero-order chi connectivity index (χ0) is 35.8. The molecule has 0 aliphatic heterocycles. The van der Waals surface area contributed by atoms with Crippen LogP contribution in [0.5, 0.6) is 11.5 Å². The van der Waals surface area contributed by atoms with E-state index in [2.05, 4.69) is 20.5 Å². The first-order valence-electron chi connectivity index (χ1n) is 14.6. The Kier molecular flexibility index (Phi) is 10.8. The number of rotatable bonds is 9. The molecule has 254 valence electrons. The smallest absolute Gasteiger partial charge is 0.494 e. The summed E-state index contributed by atoms with van der Waals surface area (Å²) < 4.78 is 79.1. The number of benzene rings is 6. The summed E-state index contributed by atoms with van der Waals surface area (Å²) >= 11 is 0. The van der Waals surface area contributed by atoms with Gasteiger partial charge in [0, 0.05) is 21.5 Å². The first-order chi connectivity index (χ1) is 23.8. The summed E-state index contributed by atoms with van der Waals surface area (Å²) in [5.41, 5.74) is 15.0. The topological polar surface area (TPSA) is 229 Å². The third-order valence-electron chi connectivity index (χ3n) is 7.83. The molecule has 6 rings (SSSR count). The number of fused-ring (bicyclic) bond motifs is 2. The van der Waals surface area contributed by atoms with Crippen molar-refractivity contribution < 1.29 is 65.0 Å². The van der Waals surface area contributed by atoms with Crippen molar-refractivity contribution in [3.63, 3.8) is 0 Å². The van der Waals surface area contributed by atoms with Crippen LogP contribution in [-0.2, 0) is 20.2 Å². The number of nitrogen functional groups attached to an aromatic ring is 2. The van der Waals surface area contributed by atoms with E-state index in [4.69, 9.17) is 20.9 Å². The molecule has 0 aliphatic carbocycles. The second-order valence-corrected chi connectivity index (χ2v) is 13.6. The first-order valence-corrected chi connectivity index (χ1v) is 17.5. The van der Waals surface area contributed by atoms with Gasteiger partial charge in [0.05, 0.1) is 25.6 Å². The number of nitrogens with two attached hydrogens (primary N) is 2. The first kappa shape index (κ1) is 37.3. The number of hydrogen-bond acceptors (Lipinski definition) is 12. The second-order valence-electron chi connectivity index (χ2n) is 10.8. The maximum Gasteiger partial charge on any atom is 1.00 e. The molecule has 0 aromatic heterocycles. The minimum Gasteiger partial charge on any atom is -0.494 e. The maximum atomic E-state index is 12.1. The van der Waals surface area contributed by atoms with Crippen LogP contribution in [0.25, 0.3) is 32.7 Å². The van der Waals surface area contributed by atoms with E-state index in [1.165, 1.54) is 26.4 Å². The van der Waals surface area contributed by atoms with Gasteiger partial charge in [-0.25, -0.2) is 0 Å². The summed E-state index contributed by atoms with van der Waals surface area (Å²) in [4.78, 5) is -0.696. The van der Waals surface area contributed by atoms with Gasteiger partial charge in [0.2, 0.25) is 0 Å². The van der Waals surface area contributed by atoms with Gasteiger partial charge < -0.3 is 20.9 Å². The number of ether oxygens (including phenoxy) is 2. The summed E-state index contributed by atoms with van der Waals surface area (Å²) in [6, 6.07) is 25.5. The quantitative estimate of drug-likeness (QED) is 0.0659. The summed E-state index contributed by atoms with van der Waals surface area (Å²) in [7, 11) is -6.27. The van der Waals surface area contributed by atoms with Gasteiger partial charge in [-0.1, -0.05) is 60.7 Å². The molecule has 0 bridgehead atoms. The van der Waals surface area contributed by atoms with Crippen LogP contribution >= 0.6 is 0 Å². The normalized spacial score (nSPS) is 12.1. The van der Waals surface area contributed by atoms with Gasteiger partial charge in [0.15, 0.2) is 0 Å². The van der Waals surface area contributed by atoms with Gasteiger partial charge in [-0.2, -0.15) is 16.8 Å². The van der Waals surface area contributed by atoms with E-state index < -0.39 is 20.2 Å². The predicted octanol–water partition coefficient (Wildman–Crippen LogP) is 5.17. The molecule has 0 aliphatic rings. The average molecular weight is 736 g/mol. The zero-order valence-electron chi connectivity index (χ0n) is 27.3. The molecule has 0 spiro atoms. The molecule has 0 atom stereocenters. The summed E-state index contributed by atoms with van der Waals surface area (Å²) in [6.45, 7) is 0. The summed E-state index contributed by atoms with van der Waals surface area (Å²) in [5, 5.41) is 18.1. The van der Waals surface area contributed by atoms with Crippen LogP contribution < -0.4 is 50.5 Å². The van der Waals surface area contributed by atoms with Crippen molar-refractivity contribution in [1.82, 2.24) is 0 Å². The molecule has 0 fully saturated rings. The number of methoxy groups -OCH3 is 2. The molecular formula is C34H28N6NaO8S2+. The third kappa shape index (κ3) is 7.57. The Balaban J connectivity index is 0.00000504. The van der Waals surface area contributed by atoms with Gasteiger partial charge in [0.25, 0.3) is 20.2 Å². The monoisotopic (exact) mass is 735 g/mol. The van der Waals surface area contributed by atoms with Crippen molar-refractivity contribution >= 4 is 75.9 Å². The molecule has 6 aromatic rings. The van der Waals surface area contributed by atoms with Crippen LogP contribution in [0.1, 0.15) is 0 Å². The van der Waals surface area contributed by atoms with Gasteiger partial charge >= 0.3 is 29.6 Å². The molecule has 0 amide bonds. The molecular weight excluding hydrogens is 708 g/mol. The van der Waals surface area contributed by atoms with Gasteiger partial charge in [-0.05, 0) is 47.5 Å². The molecule has 0 unspecified atom stereocenters. The zero-order valence-corrected chi connectivity index (χ0v) is 31.0. The summed E-state index contributed by atoms with van der Waals surface area (Å²) in [5.74, 6) is 0.675. The molecule has 6 aromatic carbocycles. The van der Waals surface area contributed by atoms with Crippen LogP contribution in [0.3, 0.4) is 0 Å². The summed E-state index contributed by atoms with van der Waals surface area (Å²) in [6.07, 6.45) is 0. The largest absolute Gasteiger partial charge is 1.00 e. The van der Waals surface area contributed by atoms with E-state index in [1.54, 1.807) is 72.8 Å². The molecule has 0 saturated heterocycles. The molecule has 51 heavy (non-hydrogen) atoms. The van der Waals surface area contributed by atoms with Crippen molar-refractivity contribution in [1.29, 1.82) is 0 Å². The molecule has 17 heteroatoms. The molecule has 14 nitrogen and oxygen atoms in total. The van der Waals surface area contributed by atoms with Crippen LogP contribution in [0.4, 0.5) is 34.1 Å². The van der Waals surface area contributed by atoms with Crippen LogP contribution in [0.2, 0.25) is 0 Å². The van der Waals surface area contributed by atoms with Gasteiger partial charge in [-0.3, -0.25) is 9.11 Å². The van der Waals surface area contributed by atoms with Crippen molar-refractivity contribution in [2.75, 3.05) is 25.7 Å². The third-order valence-corrected chi connectivity index (χ3v) is 9.62. The molecule has 0 heterocycles. The Hall–Kier alpha value is -4.94. The Morgan fingerprint density at radius 2 is 0.843 bits per heavy atom. The van der Waals surface area contributed by atoms with Crippen LogP contribution in [0, 0.1) is 0 Å². The van der Waals surface area contributed by atoms with Gasteiger partial charge in [0.1, 0.15) is 44.0 Å². The average Bonchev–Trinajstić information content (AvgIpc) is 3.10. The van der Waals surface area contributed by atoms with E-state index in [0.717, 1.165) is 12.1 Å². The fraction of sp³-hybridized carbons (Fsp3) is 0.0588. The van der Waals surface area contributed by atoms with Crippen molar-refractivity contribution in [2.45, 2.75) is 9.79 Å². The fourth-order valence-electron chi connectivity index (χ4n) is 5.39. The minimum absolute atomic E-state index is 0. The molecule has 6 N–H and O–H groups in total. The standard InChI is InChI=1S/C34H28N6O8S2.Na/c1-47-29-15-19(11-13-25(29)37-39-27-17-31(49(41,42)43)21-7-3-5-9-23(21)33(27)35)20-12-14-26(30(16-20)48-2)38-40-28-18-32(50(44,45)46)22-8-4-6-10-24(22)34(28)36;/h3-18H,35-36H2,1-2H3,(H,41,42,43)(H,44,45,46);/q;+1. The van der Waals surface area contributed by atoms with Crippen molar-refractivity contribution in [3.8, 4) is 22.6 Å². The van der Waals surface area contributed by atoms with Crippen molar-refractivity contribution in [3.05, 3.63) is 97.1 Å². The number of hydrogen-bond donors (Lipinski definition) is 4. The van der Waals surface area contributed by atoms with Gasteiger partial charge in [-0.15, -0.1) is 20.5 Å². The number of nitrogens with zero attached hydrogens (tertiary/aromatic N) is 4. The van der Waals surface area contributed by atoms with Crippen LogP contribution in [0.15, 0.2) is 127 Å². The number of azo groups is 2. The predicted molar refractivity (Wildman–Crippen MR) is 190 cm³/mol. The Labute approximate surface area is 314 Å². The van der Waals surface area contributed by atoms with Crippen molar-refractivity contribution in [2.24, 2.45) is 20.5 Å². The van der Waals surface area contributed by atoms with Crippen LogP contribution in [-0.4, -0.2) is 40.2 Å². The number of anilines is 2. The Morgan fingerprint density at radius 1 is 0.510 bits per heavy atom. The SMILES string of the molecule is COc1cc(-c2ccc(N=Nc3cc(S(=O)(=O)O)c4ccccc4c3N)c(OC)c2)ccc1N=Nc1cc(S(=O)(=O)O)c2ccccc2c1N.[Na+]. The molecule has 0 saturated carbocycles. The Morgan fingerprint density at radius 3 is 1.18 bits per heavy atom. The fourth-order valence-corrected chi connectivity index (χ4v) is 6.82. The van der Waals surface area contributed by atoms with E-state index in [9.17, 15) is 25.9 Å². The van der Waals surface area contributed by atoms with E-state index >= 15 is 0 Å².